The summed E-state index contributed by atoms with van der Waals surface area (Å²) in [6.07, 6.45) is 0. The fraction of sp³-hybridized carbons (Fsp3) is 0.143. The number of carboxylic acid groups (broad SMARTS) is 1. The fourth-order valence-corrected chi connectivity index (χ4v) is 2.83. The number of carbonyl (C=O) groups excluding carboxylic acids is 1. The van der Waals surface area contributed by atoms with Gasteiger partial charge in [0.05, 0.1) is 11.0 Å². The molecule has 6 heteroatoms. The molecule has 0 atom stereocenters. The molecule has 1 N–H and O–H groups in total. The van der Waals surface area contributed by atoms with Crippen molar-refractivity contribution in [2.75, 3.05) is 0 Å². The highest BCUT2D eigenvalue weighted by Crippen LogP contribution is 2.25. The minimum Gasteiger partial charge on any atom is -0.542 e. The second kappa shape index (κ2) is 5.05. The van der Waals surface area contributed by atoms with E-state index in [0.29, 0.717) is 11.5 Å². The maximum Gasteiger partial charge on any atom is 0.166 e. The summed E-state index contributed by atoms with van der Waals surface area (Å²) in [7, 11) is 0. The molecule has 0 saturated heterocycles. The number of nitrogens with one attached hydrogen (secondary N) is 1. The number of carboxylic acids is 1. The van der Waals surface area contributed by atoms with Gasteiger partial charge in [0.25, 0.3) is 0 Å². The van der Waals surface area contributed by atoms with Gasteiger partial charge in [-0.2, -0.15) is 0 Å². The molecule has 0 aliphatic rings. The number of rotatable bonds is 4. The van der Waals surface area contributed by atoms with Crippen LogP contribution in [-0.4, -0.2) is 15.9 Å². The van der Waals surface area contributed by atoms with Crippen molar-refractivity contribution in [2.24, 2.45) is 0 Å². The summed E-state index contributed by atoms with van der Waals surface area (Å²) in [5.41, 5.74) is 2.72. The van der Waals surface area contributed by atoms with Gasteiger partial charge in [0.1, 0.15) is 17.5 Å². The topological polar surface area (TPSA) is 81.9 Å². The minimum atomic E-state index is -1.30. The normalized spacial score (nSPS) is 11.1. The first-order chi connectivity index (χ1) is 9.63. The molecule has 102 valence electrons. The molecule has 0 aliphatic heterocycles. The van der Waals surface area contributed by atoms with Crippen LogP contribution in [-0.2, 0) is 5.75 Å². The first kappa shape index (κ1) is 12.8. The van der Waals surface area contributed by atoms with E-state index in [1.54, 1.807) is 6.92 Å². The molecular weight excluding hydrogens is 276 g/mol. The SMILES string of the molecule is Cc1oc(C(=O)[O-])cc1CSc1nc2ccccc2[nH]1. The van der Waals surface area contributed by atoms with Crippen LogP contribution in [0.4, 0.5) is 0 Å². The van der Waals surface area contributed by atoms with Gasteiger partial charge in [0.15, 0.2) is 5.16 Å². The van der Waals surface area contributed by atoms with E-state index in [2.05, 4.69) is 9.97 Å². The molecule has 0 amide bonds. The molecule has 20 heavy (non-hydrogen) atoms. The van der Waals surface area contributed by atoms with E-state index < -0.39 is 5.97 Å². The highest BCUT2D eigenvalue weighted by atomic mass is 32.2. The van der Waals surface area contributed by atoms with Crippen LogP contribution >= 0.6 is 11.8 Å². The molecule has 5 nitrogen and oxygen atoms in total. The standard InChI is InChI=1S/C14H12N2O3S/c1-8-9(6-12(19-8)13(17)18)7-20-14-15-10-4-2-3-5-11(10)16-14/h2-6H,7H2,1H3,(H,15,16)(H,17,18)/p-1. The monoisotopic (exact) mass is 287 g/mol. The lowest BCUT2D eigenvalue weighted by Gasteiger charge is -1.95. The molecular formula is C14H11N2O3S-. The number of aromatic carboxylic acids is 1. The van der Waals surface area contributed by atoms with E-state index in [0.717, 1.165) is 21.8 Å². The Morgan fingerprint density at radius 3 is 2.95 bits per heavy atom. The molecule has 0 unspecified atom stereocenters. The molecule has 3 aromatic rings. The first-order valence-electron chi connectivity index (χ1n) is 6.01. The van der Waals surface area contributed by atoms with Crippen molar-refractivity contribution in [1.29, 1.82) is 0 Å². The summed E-state index contributed by atoms with van der Waals surface area (Å²) in [6.45, 7) is 1.74. The van der Waals surface area contributed by atoms with Crippen LogP contribution in [0.15, 0.2) is 39.9 Å². The maximum absolute atomic E-state index is 10.7. The Labute approximate surface area is 119 Å². The first-order valence-corrected chi connectivity index (χ1v) is 7.00. The van der Waals surface area contributed by atoms with E-state index in [4.69, 9.17) is 4.42 Å². The Balaban J connectivity index is 1.77. The number of furan rings is 1. The second-order valence-electron chi connectivity index (χ2n) is 4.33. The summed E-state index contributed by atoms with van der Waals surface area (Å²) >= 11 is 1.50. The van der Waals surface area contributed by atoms with Crippen molar-refractivity contribution in [3.8, 4) is 0 Å². The largest absolute Gasteiger partial charge is 0.542 e. The fourth-order valence-electron chi connectivity index (χ4n) is 1.91. The lowest BCUT2D eigenvalue weighted by atomic mass is 10.3. The minimum absolute atomic E-state index is 0.136. The number of para-hydroxylation sites is 2. The zero-order chi connectivity index (χ0) is 14.1. The predicted molar refractivity (Wildman–Crippen MR) is 73.4 cm³/mol. The van der Waals surface area contributed by atoms with Crippen LogP contribution in [0.3, 0.4) is 0 Å². The van der Waals surface area contributed by atoms with Gasteiger partial charge in [-0.15, -0.1) is 0 Å². The van der Waals surface area contributed by atoms with Crippen molar-refractivity contribution in [3.05, 3.63) is 47.4 Å². The Morgan fingerprint density at radius 2 is 2.25 bits per heavy atom. The van der Waals surface area contributed by atoms with Crippen LogP contribution in [0.2, 0.25) is 0 Å². The number of fused-ring (bicyclic) bond motifs is 1. The van der Waals surface area contributed by atoms with Crippen molar-refractivity contribution in [1.82, 2.24) is 9.97 Å². The highest BCUT2D eigenvalue weighted by molar-refractivity contribution is 7.98. The van der Waals surface area contributed by atoms with E-state index in [-0.39, 0.29) is 5.76 Å². The highest BCUT2D eigenvalue weighted by Gasteiger charge is 2.10. The summed E-state index contributed by atoms with van der Waals surface area (Å²) in [5.74, 6) is -0.258. The summed E-state index contributed by atoms with van der Waals surface area (Å²) in [6, 6.07) is 9.28. The third kappa shape index (κ3) is 2.42. The van der Waals surface area contributed by atoms with Crippen LogP contribution < -0.4 is 5.11 Å². The number of thioether (sulfide) groups is 1. The second-order valence-corrected chi connectivity index (χ2v) is 5.29. The van der Waals surface area contributed by atoms with Crippen molar-refractivity contribution >= 4 is 28.8 Å². The third-order valence-corrected chi connectivity index (χ3v) is 3.88. The van der Waals surface area contributed by atoms with Gasteiger partial charge in [-0.25, -0.2) is 4.98 Å². The van der Waals surface area contributed by atoms with Crippen LogP contribution in [0.5, 0.6) is 0 Å². The molecule has 0 saturated carbocycles. The Kier molecular flexibility index (Phi) is 3.23. The number of hydrogen-bond acceptors (Lipinski definition) is 5. The van der Waals surface area contributed by atoms with E-state index in [9.17, 15) is 9.90 Å². The van der Waals surface area contributed by atoms with Crippen LogP contribution in [0.1, 0.15) is 21.9 Å². The number of aryl methyl sites for hydroxylation is 1. The Bertz CT molecular complexity index is 743. The molecule has 0 bridgehead atoms. The summed E-state index contributed by atoms with van der Waals surface area (Å²) in [5, 5.41) is 11.5. The molecule has 3 rings (SSSR count). The number of nitrogens with zero attached hydrogens (tertiary/aromatic N) is 1. The molecule has 1 aromatic carbocycles. The van der Waals surface area contributed by atoms with Crippen molar-refractivity contribution in [3.63, 3.8) is 0 Å². The molecule has 0 aliphatic carbocycles. The number of hydrogen-bond donors (Lipinski definition) is 1. The lowest BCUT2D eigenvalue weighted by molar-refractivity contribution is -0.257. The van der Waals surface area contributed by atoms with Gasteiger partial charge >= 0.3 is 0 Å². The number of benzene rings is 1. The van der Waals surface area contributed by atoms with E-state index >= 15 is 0 Å². The third-order valence-electron chi connectivity index (χ3n) is 2.95. The summed E-state index contributed by atoms with van der Waals surface area (Å²) < 4.78 is 5.12. The molecule has 2 heterocycles. The molecule has 0 spiro atoms. The van der Waals surface area contributed by atoms with Gasteiger partial charge in [-0.3, -0.25) is 0 Å². The quantitative estimate of drug-likeness (QED) is 0.743. The van der Waals surface area contributed by atoms with Gasteiger partial charge in [0.2, 0.25) is 0 Å². The number of aromatic nitrogens is 2. The molecule has 0 radical (unpaired) electrons. The lowest BCUT2D eigenvalue weighted by Crippen LogP contribution is -2.21. The van der Waals surface area contributed by atoms with E-state index in [1.807, 2.05) is 24.3 Å². The Hall–Kier alpha value is -2.21. The van der Waals surface area contributed by atoms with Gasteiger partial charge in [0, 0.05) is 11.3 Å². The molecule has 2 aromatic heterocycles. The van der Waals surface area contributed by atoms with E-state index in [1.165, 1.54) is 17.8 Å². The summed E-state index contributed by atoms with van der Waals surface area (Å²) in [4.78, 5) is 18.4. The van der Waals surface area contributed by atoms with Crippen molar-refractivity contribution in [2.45, 2.75) is 17.8 Å². The van der Waals surface area contributed by atoms with Gasteiger partial charge < -0.3 is 19.3 Å². The smallest absolute Gasteiger partial charge is 0.166 e. The average molecular weight is 287 g/mol. The molecule has 0 fully saturated rings. The van der Waals surface area contributed by atoms with Gasteiger partial charge in [-0.1, -0.05) is 23.9 Å². The zero-order valence-electron chi connectivity index (χ0n) is 10.7. The number of carbonyl (C=O) groups is 1. The Morgan fingerprint density at radius 1 is 1.45 bits per heavy atom. The van der Waals surface area contributed by atoms with Crippen LogP contribution in [0, 0.1) is 6.92 Å². The zero-order valence-corrected chi connectivity index (χ0v) is 11.5. The number of aromatic amines is 1. The average Bonchev–Trinajstić information content (AvgIpc) is 2.99. The van der Waals surface area contributed by atoms with Crippen LogP contribution in [0.25, 0.3) is 11.0 Å². The predicted octanol–water partition coefficient (Wildman–Crippen LogP) is 2.12. The maximum atomic E-state index is 10.7. The number of H-pyrrole nitrogens is 1. The number of imidazole rings is 1. The van der Waals surface area contributed by atoms with Gasteiger partial charge in [-0.05, 0) is 25.1 Å². The van der Waals surface area contributed by atoms with Crippen molar-refractivity contribution < 1.29 is 14.3 Å².